The molecule has 5 nitrogen and oxygen atoms in total. The second-order valence-corrected chi connectivity index (χ2v) is 5.21. The van der Waals surface area contributed by atoms with Gasteiger partial charge in [-0.15, -0.1) is 0 Å². The maximum atomic E-state index is 13.7. The molecule has 1 aromatic heterocycles. The Bertz CT molecular complexity index is 650. The van der Waals surface area contributed by atoms with E-state index in [1.807, 2.05) is 13.8 Å². The maximum Gasteiger partial charge on any atom is 0.317 e. The first-order valence-electron chi connectivity index (χ1n) is 6.83. The standard InChI is InChI=1S/C15H17F2N3O2/c1-10(2)19(9-14(21)22)8-11-6-7-20(18-11)15-12(16)4-3-5-13(15)17/h3-7,10H,8-9H2,1-2H3,(H,21,22). The Labute approximate surface area is 126 Å². The van der Waals surface area contributed by atoms with E-state index in [-0.39, 0.29) is 24.8 Å². The summed E-state index contributed by atoms with van der Waals surface area (Å²) in [5.41, 5.74) is 0.292. The van der Waals surface area contributed by atoms with Gasteiger partial charge in [0, 0.05) is 18.8 Å². The first-order valence-corrected chi connectivity index (χ1v) is 6.83. The summed E-state index contributed by atoms with van der Waals surface area (Å²) in [7, 11) is 0. The van der Waals surface area contributed by atoms with Gasteiger partial charge in [0.05, 0.1) is 12.2 Å². The third-order valence-corrected chi connectivity index (χ3v) is 3.24. The Morgan fingerprint density at radius 2 is 1.95 bits per heavy atom. The van der Waals surface area contributed by atoms with Crippen LogP contribution in [0.3, 0.4) is 0 Å². The molecule has 0 saturated carbocycles. The molecule has 1 heterocycles. The summed E-state index contributed by atoms with van der Waals surface area (Å²) in [4.78, 5) is 12.6. The summed E-state index contributed by atoms with van der Waals surface area (Å²) in [5.74, 6) is -2.35. The van der Waals surface area contributed by atoms with Gasteiger partial charge in [-0.3, -0.25) is 9.69 Å². The van der Waals surface area contributed by atoms with Crippen LogP contribution in [0.25, 0.3) is 5.69 Å². The van der Waals surface area contributed by atoms with E-state index in [1.54, 1.807) is 11.0 Å². The lowest BCUT2D eigenvalue weighted by Gasteiger charge is -2.23. The maximum absolute atomic E-state index is 13.7. The summed E-state index contributed by atoms with van der Waals surface area (Å²) in [6.07, 6.45) is 1.45. The van der Waals surface area contributed by atoms with Gasteiger partial charge in [-0.2, -0.15) is 5.10 Å². The van der Waals surface area contributed by atoms with E-state index in [0.717, 1.165) is 16.8 Å². The van der Waals surface area contributed by atoms with Crippen molar-refractivity contribution in [3.63, 3.8) is 0 Å². The molecule has 0 spiro atoms. The third-order valence-electron chi connectivity index (χ3n) is 3.24. The predicted molar refractivity (Wildman–Crippen MR) is 76.7 cm³/mol. The number of carboxylic acid groups (broad SMARTS) is 1. The normalized spacial score (nSPS) is 11.4. The third kappa shape index (κ3) is 3.67. The van der Waals surface area contributed by atoms with Crippen molar-refractivity contribution in [2.75, 3.05) is 6.54 Å². The van der Waals surface area contributed by atoms with E-state index < -0.39 is 17.6 Å². The van der Waals surface area contributed by atoms with Crippen molar-refractivity contribution in [1.82, 2.24) is 14.7 Å². The fourth-order valence-corrected chi connectivity index (χ4v) is 2.08. The summed E-state index contributed by atoms with van der Waals surface area (Å²) in [6, 6.07) is 5.22. The number of carboxylic acids is 1. The first-order chi connectivity index (χ1) is 10.4. The van der Waals surface area contributed by atoms with Crippen LogP contribution < -0.4 is 0 Å². The molecule has 0 atom stereocenters. The first kappa shape index (κ1) is 16.1. The van der Waals surface area contributed by atoms with Gasteiger partial charge in [0.25, 0.3) is 0 Å². The molecule has 7 heteroatoms. The fraction of sp³-hybridized carbons (Fsp3) is 0.333. The lowest BCUT2D eigenvalue weighted by Crippen LogP contribution is -2.35. The number of hydrogen-bond donors (Lipinski definition) is 1. The largest absolute Gasteiger partial charge is 0.480 e. The van der Waals surface area contributed by atoms with Gasteiger partial charge in [0.15, 0.2) is 11.6 Å². The second kappa shape index (κ2) is 6.65. The zero-order chi connectivity index (χ0) is 16.3. The fourth-order valence-electron chi connectivity index (χ4n) is 2.08. The molecule has 0 fully saturated rings. The van der Waals surface area contributed by atoms with Crippen LogP contribution in [0.1, 0.15) is 19.5 Å². The molecule has 0 bridgehead atoms. The van der Waals surface area contributed by atoms with Crippen LogP contribution >= 0.6 is 0 Å². The van der Waals surface area contributed by atoms with Crippen LogP contribution in [0.2, 0.25) is 0 Å². The van der Waals surface area contributed by atoms with Crippen LogP contribution in [-0.4, -0.2) is 38.3 Å². The molecule has 2 aromatic rings. The average molecular weight is 309 g/mol. The van der Waals surface area contributed by atoms with Gasteiger partial charge in [-0.25, -0.2) is 13.5 Å². The molecule has 0 amide bonds. The summed E-state index contributed by atoms with van der Waals surface area (Å²) >= 11 is 0. The molecular formula is C15H17F2N3O2. The van der Waals surface area contributed by atoms with E-state index in [0.29, 0.717) is 5.69 Å². The predicted octanol–water partition coefficient (Wildman–Crippen LogP) is 2.45. The lowest BCUT2D eigenvalue weighted by atomic mass is 10.3. The number of rotatable bonds is 6. The number of aromatic nitrogens is 2. The van der Waals surface area contributed by atoms with Gasteiger partial charge in [0.1, 0.15) is 5.69 Å². The van der Waals surface area contributed by atoms with Gasteiger partial charge in [0.2, 0.25) is 0 Å². The minimum absolute atomic E-state index is 0.00597. The summed E-state index contributed by atoms with van der Waals surface area (Å²) < 4.78 is 28.6. The van der Waals surface area contributed by atoms with Crippen molar-refractivity contribution < 1.29 is 18.7 Å². The quantitative estimate of drug-likeness (QED) is 0.890. The number of carbonyl (C=O) groups is 1. The molecule has 0 aliphatic rings. The lowest BCUT2D eigenvalue weighted by molar-refractivity contribution is -0.139. The highest BCUT2D eigenvalue weighted by Crippen LogP contribution is 2.17. The van der Waals surface area contributed by atoms with Crippen LogP contribution in [0.5, 0.6) is 0 Å². The van der Waals surface area contributed by atoms with Crippen molar-refractivity contribution in [3.8, 4) is 5.69 Å². The highest BCUT2D eigenvalue weighted by molar-refractivity contribution is 5.69. The summed E-state index contributed by atoms with van der Waals surface area (Å²) in [6.45, 7) is 3.90. The van der Waals surface area contributed by atoms with Gasteiger partial charge >= 0.3 is 5.97 Å². The SMILES string of the molecule is CC(C)N(CC(=O)O)Cc1ccn(-c2c(F)cccc2F)n1. The van der Waals surface area contributed by atoms with Gasteiger partial charge in [-0.1, -0.05) is 6.07 Å². The Kier molecular flexibility index (Phi) is 4.87. The number of hydrogen-bond acceptors (Lipinski definition) is 3. The van der Waals surface area contributed by atoms with Gasteiger partial charge < -0.3 is 5.11 Å². The topological polar surface area (TPSA) is 58.4 Å². The van der Waals surface area contributed by atoms with Crippen molar-refractivity contribution in [2.45, 2.75) is 26.4 Å². The Morgan fingerprint density at radius 1 is 1.32 bits per heavy atom. The smallest absolute Gasteiger partial charge is 0.317 e. The Hall–Kier alpha value is -2.28. The van der Waals surface area contributed by atoms with E-state index in [4.69, 9.17) is 5.11 Å². The molecule has 0 radical (unpaired) electrons. The number of halogens is 2. The van der Waals surface area contributed by atoms with E-state index in [2.05, 4.69) is 5.10 Å². The number of nitrogens with zero attached hydrogens (tertiary/aromatic N) is 3. The van der Waals surface area contributed by atoms with Crippen LogP contribution in [-0.2, 0) is 11.3 Å². The highest BCUT2D eigenvalue weighted by Gasteiger charge is 2.17. The molecule has 1 N–H and O–H groups in total. The van der Waals surface area contributed by atoms with E-state index in [9.17, 15) is 13.6 Å². The van der Waals surface area contributed by atoms with Crippen molar-refractivity contribution in [1.29, 1.82) is 0 Å². The van der Waals surface area contributed by atoms with Crippen LogP contribution in [0.4, 0.5) is 8.78 Å². The van der Waals surface area contributed by atoms with Crippen LogP contribution in [0.15, 0.2) is 30.5 Å². The number of aliphatic carboxylic acids is 1. The second-order valence-electron chi connectivity index (χ2n) is 5.21. The highest BCUT2D eigenvalue weighted by atomic mass is 19.1. The molecule has 1 aromatic carbocycles. The minimum Gasteiger partial charge on any atom is -0.480 e. The van der Waals surface area contributed by atoms with Crippen molar-refractivity contribution >= 4 is 5.97 Å². The molecule has 22 heavy (non-hydrogen) atoms. The van der Waals surface area contributed by atoms with E-state index >= 15 is 0 Å². The molecule has 118 valence electrons. The van der Waals surface area contributed by atoms with Crippen molar-refractivity contribution in [3.05, 3.63) is 47.8 Å². The Morgan fingerprint density at radius 3 is 2.50 bits per heavy atom. The molecule has 0 saturated heterocycles. The molecular weight excluding hydrogens is 292 g/mol. The number of benzene rings is 1. The summed E-state index contributed by atoms with van der Waals surface area (Å²) in [5, 5.41) is 13.0. The van der Waals surface area contributed by atoms with Crippen molar-refractivity contribution in [2.24, 2.45) is 0 Å². The van der Waals surface area contributed by atoms with Gasteiger partial charge in [-0.05, 0) is 32.0 Å². The van der Waals surface area contributed by atoms with E-state index in [1.165, 1.54) is 12.3 Å². The monoisotopic (exact) mass is 309 g/mol. The molecule has 0 unspecified atom stereocenters. The number of para-hydroxylation sites is 1. The minimum atomic E-state index is -0.937. The molecule has 0 aliphatic heterocycles. The molecule has 2 rings (SSSR count). The molecule has 0 aliphatic carbocycles. The Balaban J connectivity index is 2.22. The van der Waals surface area contributed by atoms with Crippen LogP contribution in [0, 0.1) is 11.6 Å². The zero-order valence-corrected chi connectivity index (χ0v) is 12.3. The zero-order valence-electron chi connectivity index (χ0n) is 12.3. The average Bonchev–Trinajstić information content (AvgIpc) is 2.85.